The first kappa shape index (κ1) is 16.0. The maximum atomic E-state index is 13.9. The fourth-order valence-corrected chi connectivity index (χ4v) is 3.62. The van der Waals surface area contributed by atoms with E-state index in [0.717, 1.165) is 12.8 Å². The fraction of sp³-hybridized carbons (Fsp3) is 0.450. The maximum absolute atomic E-state index is 13.9. The highest BCUT2D eigenvalue weighted by Crippen LogP contribution is 2.38. The van der Waals surface area contributed by atoms with Crippen LogP contribution < -0.4 is 5.32 Å². The van der Waals surface area contributed by atoms with E-state index in [-0.39, 0.29) is 23.2 Å². The molecule has 1 fully saturated rings. The largest absolute Gasteiger partial charge is 0.349 e. The third-order valence-electron chi connectivity index (χ3n) is 5.17. The Morgan fingerprint density at radius 1 is 1.17 bits per heavy atom. The summed E-state index contributed by atoms with van der Waals surface area (Å²) in [5, 5.41) is 4.36. The van der Waals surface area contributed by atoms with Gasteiger partial charge in [-0.05, 0) is 48.1 Å². The molecule has 3 rings (SSSR count). The minimum Gasteiger partial charge on any atom is -0.349 e. The molecule has 0 saturated heterocycles. The fourth-order valence-electron chi connectivity index (χ4n) is 3.62. The van der Waals surface area contributed by atoms with Crippen molar-refractivity contribution in [2.24, 2.45) is 11.3 Å². The van der Waals surface area contributed by atoms with E-state index in [0.29, 0.717) is 22.3 Å². The molecule has 2 atom stereocenters. The van der Waals surface area contributed by atoms with Crippen LogP contribution in [-0.4, -0.2) is 11.9 Å². The number of halogens is 1. The highest BCUT2D eigenvalue weighted by Gasteiger charge is 2.33. The number of nitrogens with one attached hydrogen (secondary N) is 1. The molecular weight excluding hydrogens is 289 g/mol. The summed E-state index contributed by atoms with van der Waals surface area (Å²) in [4.78, 5) is 12.8. The van der Waals surface area contributed by atoms with E-state index in [1.54, 1.807) is 18.2 Å². The van der Waals surface area contributed by atoms with Crippen molar-refractivity contribution in [3.63, 3.8) is 0 Å². The van der Waals surface area contributed by atoms with Crippen molar-refractivity contribution in [3.8, 4) is 0 Å². The molecule has 1 N–H and O–H groups in total. The summed E-state index contributed by atoms with van der Waals surface area (Å²) in [5.74, 6) is 0.0822. The van der Waals surface area contributed by atoms with Crippen molar-refractivity contribution >= 4 is 16.7 Å². The van der Waals surface area contributed by atoms with Gasteiger partial charge in [-0.3, -0.25) is 4.79 Å². The lowest BCUT2D eigenvalue weighted by Gasteiger charge is -2.39. The van der Waals surface area contributed by atoms with Crippen LogP contribution in [0.1, 0.15) is 50.4 Å². The van der Waals surface area contributed by atoms with Crippen molar-refractivity contribution in [1.29, 1.82) is 0 Å². The number of benzene rings is 2. The van der Waals surface area contributed by atoms with Crippen molar-refractivity contribution in [3.05, 3.63) is 47.8 Å². The summed E-state index contributed by atoms with van der Waals surface area (Å²) < 4.78 is 13.9. The van der Waals surface area contributed by atoms with Crippen LogP contribution in [0, 0.1) is 17.2 Å². The van der Waals surface area contributed by atoms with Crippen LogP contribution in [0.25, 0.3) is 10.8 Å². The smallest absolute Gasteiger partial charge is 0.252 e. The number of fused-ring (bicyclic) bond motifs is 1. The van der Waals surface area contributed by atoms with E-state index >= 15 is 0 Å². The molecule has 0 unspecified atom stereocenters. The van der Waals surface area contributed by atoms with Crippen LogP contribution in [0.3, 0.4) is 0 Å². The van der Waals surface area contributed by atoms with E-state index in [4.69, 9.17) is 0 Å². The van der Waals surface area contributed by atoms with E-state index in [1.807, 2.05) is 12.1 Å². The highest BCUT2D eigenvalue weighted by molar-refractivity contribution is 6.07. The van der Waals surface area contributed by atoms with Crippen molar-refractivity contribution in [1.82, 2.24) is 5.32 Å². The minimum atomic E-state index is -0.288. The zero-order chi connectivity index (χ0) is 16.6. The second-order valence-electron chi connectivity index (χ2n) is 7.60. The number of hydrogen-bond donors (Lipinski definition) is 1. The molecule has 0 heterocycles. The van der Waals surface area contributed by atoms with Gasteiger partial charge >= 0.3 is 0 Å². The molecule has 0 radical (unpaired) electrons. The summed E-state index contributed by atoms with van der Waals surface area (Å²) in [6.07, 6.45) is 3.31. The Balaban J connectivity index is 1.88. The topological polar surface area (TPSA) is 29.1 Å². The molecule has 2 aromatic rings. The Labute approximate surface area is 137 Å². The minimum absolute atomic E-state index is 0.101. The van der Waals surface area contributed by atoms with Crippen LogP contribution in [0.4, 0.5) is 4.39 Å². The molecule has 0 bridgehead atoms. The highest BCUT2D eigenvalue weighted by atomic mass is 19.1. The van der Waals surface area contributed by atoms with Crippen LogP contribution >= 0.6 is 0 Å². The Hall–Kier alpha value is -1.90. The number of amides is 1. The summed E-state index contributed by atoms with van der Waals surface area (Å²) >= 11 is 0. The van der Waals surface area contributed by atoms with Crippen LogP contribution in [0.2, 0.25) is 0 Å². The van der Waals surface area contributed by atoms with Crippen LogP contribution in [0.5, 0.6) is 0 Å². The number of hydrogen-bond acceptors (Lipinski definition) is 1. The average molecular weight is 313 g/mol. The summed E-state index contributed by atoms with van der Waals surface area (Å²) in [6.45, 7) is 6.71. The first-order valence-electron chi connectivity index (χ1n) is 8.35. The van der Waals surface area contributed by atoms with Gasteiger partial charge in [-0.2, -0.15) is 0 Å². The Kier molecular flexibility index (Phi) is 4.13. The second kappa shape index (κ2) is 5.95. The zero-order valence-corrected chi connectivity index (χ0v) is 14.0. The van der Waals surface area contributed by atoms with Gasteiger partial charge in [0, 0.05) is 17.0 Å². The van der Waals surface area contributed by atoms with Gasteiger partial charge in [-0.25, -0.2) is 4.39 Å². The Morgan fingerprint density at radius 3 is 2.61 bits per heavy atom. The first-order chi connectivity index (χ1) is 10.9. The summed E-state index contributed by atoms with van der Waals surface area (Å²) in [7, 11) is 0. The normalized spacial score (nSPS) is 23.7. The number of carbonyl (C=O) groups is 1. The molecule has 2 aromatic carbocycles. The molecule has 122 valence electrons. The predicted molar refractivity (Wildman–Crippen MR) is 92.0 cm³/mol. The molecule has 1 aliphatic rings. The lowest BCUT2D eigenvalue weighted by atomic mass is 9.71. The molecule has 1 aliphatic carbocycles. The molecule has 0 spiro atoms. The molecule has 3 heteroatoms. The molecular formula is C20H24FNO. The van der Waals surface area contributed by atoms with Gasteiger partial charge in [-0.15, -0.1) is 0 Å². The second-order valence-corrected chi connectivity index (χ2v) is 7.60. The predicted octanol–water partition coefficient (Wildman–Crippen LogP) is 4.92. The quantitative estimate of drug-likeness (QED) is 0.837. The monoisotopic (exact) mass is 313 g/mol. The van der Waals surface area contributed by atoms with Gasteiger partial charge in [-0.1, -0.05) is 45.0 Å². The third-order valence-corrected chi connectivity index (χ3v) is 5.17. The van der Waals surface area contributed by atoms with Crippen molar-refractivity contribution < 1.29 is 9.18 Å². The summed E-state index contributed by atoms with van der Waals surface area (Å²) in [6, 6.07) is 10.3. The lowest BCUT2D eigenvalue weighted by Crippen LogP contribution is -2.45. The maximum Gasteiger partial charge on any atom is 0.252 e. The van der Waals surface area contributed by atoms with E-state index in [1.165, 1.54) is 12.5 Å². The average Bonchev–Trinajstić information content (AvgIpc) is 2.51. The van der Waals surface area contributed by atoms with Gasteiger partial charge in [0.25, 0.3) is 5.91 Å². The zero-order valence-electron chi connectivity index (χ0n) is 14.0. The standard InChI is InChI=1S/C20H24FNO/c1-13-10-11-20(2,3)12-18(13)22-19(23)16-8-9-17(21)15-7-5-4-6-14(15)16/h4-9,13,18H,10-12H2,1-3H3,(H,22,23)/t13-,18+/m1/s1. The van der Waals surface area contributed by atoms with E-state index in [2.05, 4.69) is 26.1 Å². The number of rotatable bonds is 2. The summed E-state index contributed by atoms with van der Waals surface area (Å²) in [5.41, 5.74) is 0.813. The first-order valence-corrected chi connectivity index (χ1v) is 8.35. The SMILES string of the molecule is C[C@@H]1CCC(C)(C)C[C@@H]1NC(=O)c1ccc(F)c2ccccc12. The molecule has 23 heavy (non-hydrogen) atoms. The molecule has 1 amide bonds. The van der Waals surface area contributed by atoms with Crippen molar-refractivity contribution in [2.75, 3.05) is 0 Å². The lowest BCUT2D eigenvalue weighted by molar-refractivity contribution is 0.0859. The molecule has 2 nitrogen and oxygen atoms in total. The molecule has 0 aliphatic heterocycles. The van der Waals surface area contributed by atoms with Gasteiger partial charge < -0.3 is 5.32 Å². The van der Waals surface area contributed by atoms with Gasteiger partial charge in [0.2, 0.25) is 0 Å². The third kappa shape index (κ3) is 3.24. The van der Waals surface area contributed by atoms with Crippen molar-refractivity contribution in [2.45, 2.75) is 46.1 Å². The van der Waals surface area contributed by atoms with Crippen LogP contribution in [0.15, 0.2) is 36.4 Å². The van der Waals surface area contributed by atoms with Gasteiger partial charge in [0.1, 0.15) is 5.82 Å². The molecule has 0 aromatic heterocycles. The van der Waals surface area contributed by atoms with E-state index < -0.39 is 0 Å². The molecule has 1 saturated carbocycles. The van der Waals surface area contributed by atoms with Gasteiger partial charge in [0.15, 0.2) is 0 Å². The Bertz CT molecular complexity index is 737. The van der Waals surface area contributed by atoms with Crippen LogP contribution in [-0.2, 0) is 0 Å². The Morgan fingerprint density at radius 2 is 1.87 bits per heavy atom. The number of carbonyl (C=O) groups excluding carboxylic acids is 1. The van der Waals surface area contributed by atoms with Gasteiger partial charge in [0.05, 0.1) is 0 Å². The van der Waals surface area contributed by atoms with E-state index in [9.17, 15) is 9.18 Å².